The summed E-state index contributed by atoms with van der Waals surface area (Å²) in [5.74, 6) is 0.177. The second-order valence-electron chi connectivity index (χ2n) is 4.78. The third kappa shape index (κ3) is 2.32. The Morgan fingerprint density at radius 1 is 1.27 bits per heavy atom. The summed E-state index contributed by atoms with van der Waals surface area (Å²) in [6, 6.07) is 0. The van der Waals surface area contributed by atoms with Crippen molar-refractivity contribution in [2.45, 2.75) is 25.4 Å². The van der Waals surface area contributed by atoms with Crippen molar-refractivity contribution in [3.63, 3.8) is 0 Å². The molecule has 0 unspecified atom stereocenters. The van der Waals surface area contributed by atoms with Crippen LogP contribution in [0.2, 0.25) is 0 Å². The third-order valence-corrected chi connectivity index (χ3v) is 3.59. The molecule has 0 atom stereocenters. The van der Waals surface area contributed by atoms with Crippen LogP contribution in [0.4, 0.5) is 0 Å². The fourth-order valence-corrected chi connectivity index (χ4v) is 2.44. The molecule has 2 rings (SSSR count). The van der Waals surface area contributed by atoms with Gasteiger partial charge in [-0.05, 0) is 19.9 Å². The summed E-state index contributed by atoms with van der Waals surface area (Å²) in [4.78, 5) is 15.6. The molecule has 2 aliphatic rings. The number of hydrogen-bond acceptors (Lipinski definition) is 3. The van der Waals surface area contributed by atoms with E-state index in [4.69, 9.17) is 4.74 Å². The van der Waals surface area contributed by atoms with E-state index in [0.717, 1.165) is 39.0 Å². The molecule has 0 N–H and O–H groups in total. The van der Waals surface area contributed by atoms with E-state index < -0.39 is 0 Å². The number of likely N-dealkylation sites (tertiary alicyclic amines) is 1. The monoisotopic (exact) mass is 212 g/mol. The average molecular weight is 212 g/mol. The van der Waals surface area contributed by atoms with Crippen molar-refractivity contribution in [1.82, 2.24) is 9.80 Å². The van der Waals surface area contributed by atoms with Crippen LogP contribution in [-0.4, -0.2) is 61.1 Å². The Morgan fingerprint density at radius 2 is 1.93 bits per heavy atom. The molecule has 1 spiro atoms. The number of morpholine rings is 1. The van der Waals surface area contributed by atoms with Crippen LogP contribution in [0.25, 0.3) is 0 Å². The topological polar surface area (TPSA) is 32.8 Å². The number of carbonyl (C=O) groups is 1. The number of piperidine rings is 1. The lowest BCUT2D eigenvalue weighted by atomic mass is 9.89. The molecule has 0 aromatic rings. The minimum atomic E-state index is -0.0452. The molecule has 4 nitrogen and oxygen atoms in total. The van der Waals surface area contributed by atoms with Crippen LogP contribution in [0.1, 0.15) is 19.8 Å². The largest absolute Gasteiger partial charge is 0.371 e. The van der Waals surface area contributed by atoms with E-state index in [1.165, 1.54) is 0 Å². The lowest BCUT2D eigenvalue weighted by Crippen LogP contribution is -2.57. The molecular formula is C11H20N2O2. The molecule has 2 heterocycles. The normalized spacial score (nSPS) is 26.9. The summed E-state index contributed by atoms with van der Waals surface area (Å²) >= 11 is 0. The molecule has 0 aromatic carbocycles. The molecule has 0 radical (unpaired) electrons. The van der Waals surface area contributed by atoms with Gasteiger partial charge in [0, 0.05) is 33.1 Å². The van der Waals surface area contributed by atoms with Gasteiger partial charge < -0.3 is 14.5 Å². The van der Waals surface area contributed by atoms with Gasteiger partial charge in [-0.1, -0.05) is 0 Å². The molecule has 4 heteroatoms. The van der Waals surface area contributed by atoms with Gasteiger partial charge >= 0.3 is 0 Å². The van der Waals surface area contributed by atoms with Crippen LogP contribution in [0, 0.1) is 0 Å². The number of rotatable bonds is 0. The average Bonchev–Trinajstić information content (AvgIpc) is 2.23. The molecule has 0 aliphatic carbocycles. The summed E-state index contributed by atoms with van der Waals surface area (Å²) in [6.07, 6.45) is 2.10. The zero-order valence-corrected chi connectivity index (χ0v) is 9.66. The highest BCUT2D eigenvalue weighted by Gasteiger charge is 2.39. The molecule has 15 heavy (non-hydrogen) atoms. The maximum absolute atomic E-state index is 11.3. The Hall–Kier alpha value is -0.610. The maximum Gasteiger partial charge on any atom is 0.219 e. The molecule has 1 amide bonds. The number of nitrogens with zero attached hydrogens (tertiary/aromatic N) is 2. The summed E-state index contributed by atoms with van der Waals surface area (Å²) in [6.45, 7) is 6.04. The fourth-order valence-electron chi connectivity index (χ4n) is 2.44. The Morgan fingerprint density at radius 3 is 2.53 bits per heavy atom. The summed E-state index contributed by atoms with van der Waals surface area (Å²) in [7, 11) is 2.14. The maximum atomic E-state index is 11.3. The SMILES string of the molecule is CC(=O)N1CCOC2(CCN(C)CC2)C1. The number of ether oxygens (including phenoxy) is 1. The molecule has 2 aliphatic heterocycles. The van der Waals surface area contributed by atoms with Crippen molar-refractivity contribution in [3.05, 3.63) is 0 Å². The number of carbonyl (C=O) groups excluding carboxylic acids is 1. The number of hydrogen-bond donors (Lipinski definition) is 0. The third-order valence-electron chi connectivity index (χ3n) is 3.59. The van der Waals surface area contributed by atoms with Crippen molar-refractivity contribution < 1.29 is 9.53 Å². The van der Waals surface area contributed by atoms with Crippen LogP contribution < -0.4 is 0 Å². The second-order valence-corrected chi connectivity index (χ2v) is 4.78. The molecule has 0 saturated carbocycles. The van der Waals surface area contributed by atoms with Crippen LogP contribution in [0.15, 0.2) is 0 Å². The zero-order chi connectivity index (χ0) is 10.9. The zero-order valence-electron chi connectivity index (χ0n) is 9.66. The lowest BCUT2D eigenvalue weighted by Gasteiger charge is -2.46. The lowest BCUT2D eigenvalue weighted by molar-refractivity contribution is -0.157. The first-order valence-corrected chi connectivity index (χ1v) is 5.69. The van der Waals surface area contributed by atoms with Gasteiger partial charge in [0.1, 0.15) is 0 Å². The van der Waals surface area contributed by atoms with Gasteiger partial charge in [0.15, 0.2) is 0 Å². The molecule has 0 bridgehead atoms. The smallest absolute Gasteiger partial charge is 0.219 e. The molecule has 86 valence electrons. The van der Waals surface area contributed by atoms with Gasteiger partial charge in [0.2, 0.25) is 5.91 Å². The predicted octanol–water partition coefficient (Wildman–Crippen LogP) is 0.329. The van der Waals surface area contributed by atoms with Gasteiger partial charge in [0.05, 0.1) is 12.2 Å². The standard InChI is InChI=1S/C11H20N2O2/c1-10(14)13-7-8-15-11(9-13)3-5-12(2)6-4-11/h3-9H2,1-2H3. The molecular weight excluding hydrogens is 192 g/mol. The summed E-state index contributed by atoms with van der Waals surface area (Å²) in [5.41, 5.74) is -0.0452. The van der Waals surface area contributed by atoms with Gasteiger partial charge in [-0.3, -0.25) is 4.79 Å². The minimum Gasteiger partial charge on any atom is -0.371 e. The van der Waals surface area contributed by atoms with Crippen molar-refractivity contribution in [1.29, 1.82) is 0 Å². The van der Waals surface area contributed by atoms with Crippen LogP contribution in [-0.2, 0) is 9.53 Å². The predicted molar refractivity (Wildman–Crippen MR) is 57.7 cm³/mol. The Bertz CT molecular complexity index is 247. The summed E-state index contributed by atoms with van der Waals surface area (Å²) < 4.78 is 5.91. The first-order chi connectivity index (χ1) is 7.11. The molecule has 2 fully saturated rings. The van der Waals surface area contributed by atoms with E-state index in [1.807, 2.05) is 4.90 Å². The van der Waals surface area contributed by atoms with Crippen LogP contribution in [0.3, 0.4) is 0 Å². The van der Waals surface area contributed by atoms with Crippen molar-refractivity contribution in [2.75, 3.05) is 39.8 Å². The highest BCUT2D eigenvalue weighted by atomic mass is 16.5. The Labute approximate surface area is 91.2 Å². The van der Waals surface area contributed by atoms with Crippen LogP contribution >= 0.6 is 0 Å². The van der Waals surface area contributed by atoms with Crippen molar-refractivity contribution in [3.8, 4) is 0 Å². The fraction of sp³-hybridized carbons (Fsp3) is 0.909. The molecule has 0 aromatic heterocycles. The Balaban J connectivity index is 1.99. The second kappa shape index (κ2) is 4.10. The highest BCUT2D eigenvalue weighted by Crippen LogP contribution is 2.29. The van der Waals surface area contributed by atoms with Gasteiger partial charge in [0.25, 0.3) is 0 Å². The van der Waals surface area contributed by atoms with Gasteiger partial charge in [-0.25, -0.2) is 0 Å². The van der Waals surface area contributed by atoms with E-state index in [1.54, 1.807) is 6.92 Å². The highest BCUT2D eigenvalue weighted by molar-refractivity contribution is 5.73. The van der Waals surface area contributed by atoms with Gasteiger partial charge in [-0.2, -0.15) is 0 Å². The minimum absolute atomic E-state index is 0.0452. The van der Waals surface area contributed by atoms with Crippen LogP contribution in [0.5, 0.6) is 0 Å². The quantitative estimate of drug-likeness (QED) is 0.580. The van der Waals surface area contributed by atoms with Crippen molar-refractivity contribution >= 4 is 5.91 Å². The van der Waals surface area contributed by atoms with E-state index in [9.17, 15) is 4.79 Å². The van der Waals surface area contributed by atoms with Gasteiger partial charge in [-0.15, -0.1) is 0 Å². The van der Waals surface area contributed by atoms with E-state index in [-0.39, 0.29) is 11.5 Å². The van der Waals surface area contributed by atoms with E-state index in [2.05, 4.69) is 11.9 Å². The Kier molecular flexibility index (Phi) is 2.98. The first-order valence-electron chi connectivity index (χ1n) is 5.69. The van der Waals surface area contributed by atoms with E-state index in [0.29, 0.717) is 6.61 Å². The molecule has 2 saturated heterocycles. The van der Waals surface area contributed by atoms with E-state index >= 15 is 0 Å². The van der Waals surface area contributed by atoms with Crippen molar-refractivity contribution in [2.24, 2.45) is 0 Å². The summed E-state index contributed by atoms with van der Waals surface area (Å²) in [5, 5.41) is 0. The first kappa shape index (κ1) is 10.9. The number of amides is 1.